The normalized spacial score (nSPS) is 10.2. The smallest absolute Gasteiger partial charge is 0.169 e. The van der Waals surface area contributed by atoms with Crippen molar-refractivity contribution in [2.75, 3.05) is 28.4 Å². The molecule has 0 saturated heterocycles. The second-order valence-corrected chi connectivity index (χ2v) is 6.38. The molecule has 0 saturated carbocycles. The summed E-state index contributed by atoms with van der Waals surface area (Å²) in [6, 6.07) is 11.9. The van der Waals surface area contributed by atoms with Gasteiger partial charge in [0.05, 0.1) is 21.3 Å². The maximum Gasteiger partial charge on any atom is 0.169 e. The van der Waals surface area contributed by atoms with Gasteiger partial charge in [0.25, 0.3) is 0 Å². The van der Waals surface area contributed by atoms with Crippen LogP contribution in [0.15, 0.2) is 36.4 Å². The van der Waals surface area contributed by atoms with E-state index in [1.165, 1.54) is 0 Å². The number of hydrogen-bond acceptors (Lipinski definition) is 4. The number of nitrogens with zero attached hydrogens (tertiary/aromatic N) is 1. The van der Waals surface area contributed by atoms with Crippen molar-refractivity contribution in [3.05, 3.63) is 53.1 Å². The molecule has 6 heteroatoms. The molecular weight excluding hydrogens is 348 g/mol. The minimum Gasteiger partial charge on any atom is -0.497 e. The molecule has 0 amide bonds. The van der Waals surface area contributed by atoms with E-state index in [-0.39, 0.29) is 0 Å². The van der Waals surface area contributed by atoms with Gasteiger partial charge >= 0.3 is 0 Å². The largest absolute Gasteiger partial charge is 0.497 e. The molecule has 26 heavy (non-hydrogen) atoms. The van der Waals surface area contributed by atoms with E-state index in [9.17, 15) is 0 Å². The lowest BCUT2D eigenvalue weighted by atomic mass is 10.1. The first-order valence-electron chi connectivity index (χ1n) is 8.32. The molecule has 0 unspecified atom stereocenters. The van der Waals surface area contributed by atoms with Crippen molar-refractivity contribution in [3.8, 4) is 17.2 Å². The van der Waals surface area contributed by atoms with E-state index < -0.39 is 0 Å². The van der Waals surface area contributed by atoms with Crippen molar-refractivity contribution >= 4 is 17.3 Å². The van der Waals surface area contributed by atoms with E-state index in [1.54, 1.807) is 21.3 Å². The Bertz CT molecular complexity index is 747. The zero-order valence-corrected chi connectivity index (χ0v) is 16.8. The molecule has 5 nitrogen and oxygen atoms in total. The van der Waals surface area contributed by atoms with Crippen LogP contribution in [-0.2, 0) is 13.1 Å². The summed E-state index contributed by atoms with van der Waals surface area (Å²) in [4.78, 5) is 2.01. The number of thiocarbonyl (C=S) groups is 1. The summed E-state index contributed by atoms with van der Waals surface area (Å²) in [5.74, 6) is 2.30. The monoisotopic (exact) mass is 374 g/mol. The molecule has 140 valence electrons. The van der Waals surface area contributed by atoms with Crippen LogP contribution in [0.4, 0.5) is 0 Å². The fraction of sp³-hybridized carbons (Fsp3) is 0.350. The average molecular weight is 375 g/mol. The summed E-state index contributed by atoms with van der Waals surface area (Å²) in [6.07, 6.45) is 0. The van der Waals surface area contributed by atoms with Crippen LogP contribution in [-0.4, -0.2) is 38.4 Å². The molecule has 0 fully saturated rings. The zero-order valence-electron chi connectivity index (χ0n) is 16.0. The molecule has 0 aliphatic carbocycles. The number of aryl methyl sites for hydroxylation is 1. The second-order valence-electron chi connectivity index (χ2n) is 6.00. The second kappa shape index (κ2) is 9.29. The molecule has 2 rings (SSSR count). The van der Waals surface area contributed by atoms with Gasteiger partial charge in [-0.1, -0.05) is 12.1 Å². The standard InChI is InChI=1S/C20H26N2O3S/c1-14-10-18(24-4)19(25-5)11-16(14)13-22(2)20(26)21-12-15-6-8-17(23-3)9-7-15/h6-11H,12-13H2,1-5H3,(H,21,26). The third-order valence-electron chi connectivity index (χ3n) is 4.20. The van der Waals surface area contributed by atoms with E-state index in [1.807, 2.05) is 48.3 Å². The lowest BCUT2D eigenvalue weighted by Crippen LogP contribution is -2.36. The van der Waals surface area contributed by atoms with Crippen molar-refractivity contribution in [3.63, 3.8) is 0 Å². The molecule has 0 aliphatic rings. The maximum absolute atomic E-state index is 5.51. The summed E-state index contributed by atoms with van der Waals surface area (Å²) in [6.45, 7) is 3.40. The van der Waals surface area contributed by atoms with Gasteiger partial charge in [-0.05, 0) is 60.1 Å². The van der Waals surface area contributed by atoms with Gasteiger partial charge < -0.3 is 24.4 Å². The number of nitrogens with one attached hydrogen (secondary N) is 1. The first-order chi connectivity index (χ1) is 12.5. The SMILES string of the molecule is COc1ccc(CNC(=S)N(C)Cc2cc(OC)c(OC)cc2C)cc1. The van der Waals surface area contributed by atoms with Gasteiger partial charge in [0.15, 0.2) is 16.6 Å². The number of benzene rings is 2. The topological polar surface area (TPSA) is 43.0 Å². The van der Waals surface area contributed by atoms with Crippen LogP contribution >= 0.6 is 12.2 Å². The first kappa shape index (κ1) is 19.8. The van der Waals surface area contributed by atoms with Gasteiger partial charge in [-0.25, -0.2) is 0 Å². The summed E-state index contributed by atoms with van der Waals surface area (Å²) < 4.78 is 15.9. The quantitative estimate of drug-likeness (QED) is 0.748. The number of hydrogen-bond donors (Lipinski definition) is 1. The lowest BCUT2D eigenvalue weighted by molar-refractivity contribution is 0.353. The Morgan fingerprint density at radius 1 is 1.00 bits per heavy atom. The van der Waals surface area contributed by atoms with E-state index in [4.69, 9.17) is 26.4 Å². The van der Waals surface area contributed by atoms with Gasteiger partial charge in [0, 0.05) is 20.1 Å². The summed E-state index contributed by atoms with van der Waals surface area (Å²) in [5.41, 5.74) is 3.41. The third-order valence-corrected chi connectivity index (χ3v) is 4.66. The van der Waals surface area contributed by atoms with Gasteiger partial charge in [-0.15, -0.1) is 0 Å². The highest BCUT2D eigenvalue weighted by Crippen LogP contribution is 2.30. The van der Waals surface area contributed by atoms with Crippen LogP contribution in [0, 0.1) is 6.92 Å². The van der Waals surface area contributed by atoms with Gasteiger partial charge in [-0.2, -0.15) is 0 Å². The van der Waals surface area contributed by atoms with Crippen molar-refractivity contribution in [1.29, 1.82) is 0 Å². The number of rotatable bonds is 7. The fourth-order valence-electron chi connectivity index (χ4n) is 2.58. The summed E-state index contributed by atoms with van der Waals surface area (Å²) in [7, 11) is 6.91. The highest BCUT2D eigenvalue weighted by atomic mass is 32.1. The average Bonchev–Trinajstić information content (AvgIpc) is 2.67. The Hall–Kier alpha value is -2.47. The van der Waals surface area contributed by atoms with Gasteiger partial charge in [0.2, 0.25) is 0 Å². The Kier molecular flexibility index (Phi) is 7.09. The molecule has 1 N–H and O–H groups in total. The minimum absolute atomic E-state index is 0.665. The van der Waals surface area contributed by atoms with Crippen molar-refractivity contribution in [2.24, 2.45) is 0 Å². The maximum atomic E-state index is 5.51. The Labute approximate surface area is 160 Å². The molecule has 2 aromatic carbocycles. The van der Waals surface area contributed by atoms with E-state index in [0.29, 0.717) is 18.2 Å². The van der Waals surface area contributed by atoms with Crippen molar-refractivity contribution < 1.29 is 14.2 Å². The molecule has 0 bridgehead atoms. The molecule has 0 aromatic heterocycles. The molecular formula is C20H26N2O3S. The fourth-order valence-corrected chi connectivity index (χ4v) is 2.71. The van der Waals surface area contributed by atoms with Crippen LogP contribution < -0.4 is 19.5 Å². The van der Waals surface area contributed by atoms with Gasteiger partial charge in [-0.3, -0.25) is 0 Å². The molecule has 0 atom stereocenters. The number of ether oxygens (including phenoxy) is 3. The van der Waals surface area contributed by atoms with Crippen LogP contribution in [0.1, 0.15) is 16.7 Å². The van der Waals surface area contributed by atoms with Crippen molar-refractivity contribution in [2.45, 2.75) is 20.0 Å². The summed E-state index contributed by atoms with van der Waals surface area (Å²) >= 11 is 5.51. The minimum atomic E-state index is 0.665. The van der Waals surface area contributed by atoms with Crippen LogP contribution in [0.5, 0.6) is 17.2 Å². The van der Waals surface area contributed by atoms with Crippen molar-refractivity contribution in [1.82, 2.24) is 10.2 Å². The van der Waals surface area contributed by atoms with E-state index in [2.05, 4.69) is 12.2 Å². The van der Waals surface area contributed by atoms with Crippen LogP contribution in [0.25, 0.3) is 0 Å². The Morgan fingerprint density at radius 3 is 2.19 bits per heavy atom. The number of methoxy groups -OCH3 is 3. The Morgan fingerprint density at radius 2 is 1.62 bits per heavy atom. The van der Waals surface area contributed by atoms with E-state index >= 15 is 0 Å². The van der Waals surface area contributed by atoms with Gasteiger partial charge in [0.1, 0.15) is 5.75 Å². The summed E-state index contributed by atoms with van der Waals surface area (Å²) in [5, 5.41) is 3.98. The highest BCUT2D eigenvalue weighted by molar-refractivity contribution is 7.80. The first-order valence-corrected chi connectivity index (χ1v) is 8.72. The zero-order chi connectivity index (χ0) is 19.1. The lowest BCUT2D eigenvalue weighted by Gasteiger charge is -2.23. The van der Waals surface area contributed by atoms with E-state index in [0.717, 1.165) is 33.9 Å². The highest BCUT2D eigenvalue weighted by Gasteiger charge is 2.12. The molecule has 0 aliphatic heterocycles. The molecule has 0 radical (unpaired) electrons. The molecule has 2 aromatic rings. The van der Waals surface area contributed by atoms with Crippen LogP contribution in [0.3, 0.4) is 0 Å². The predicted molar refractivity (Wildman–Crippen MR) is 108 cm³/mol. The molecule has 0 spiro atoms. The van der Waals surface area contributed by atoms with Crippen LogP contribution in [0.2, 0.25) is 0 Å². The third kappa shape index (κ3) is 5.02. The molecule has 0 heterocycles. The predicted octanol–water partition coefficient (Wildman–Crippen LogP) is 3.53. The Balaban J connectivity index is 1.97.